The maximum Gasteiger partial charge on any atom is 0.0897 e. The van der Waals surface area contributed by atoms with Gasteiger partial charge in [0.15, 0.2) is 0 Å². The van der Waals surface area contributed by atoms with E-state index in [4.69, 9.17) is 4.74 Å². The molecule has 0 N–H and O–H groups in total. The van der Waals surface area contributed by atoms with Gasteiger partial charge < -0.3 is 9.64 Å². The summed E-state index contributed by atoms with van der Waals surface area (Å²) in [7, 11) is 2.20. The first kappa shape index (κ1) is 14.0. The average Bonchev–Trinajstić information content (AvgIpc) is 2.81. The van der Waals surface area contributed by atoms with Crippen molar-refractivity contribution >= 4 is 11.3 Å². The average molecular weight is 268 g/mol. The van der Waals surface area contributed by atoms with Crippen LogP contribution in [0.1, 0.15) is 36.4 Å². The smallest absolute Gasteiger partial charge is 0.0897 e. The summed E-state index contributed by atoms with van der Waals surface area (Å²) in [6.07, 6.45) is 6.57. The Morgan fingerprint density at radius 3 is 3.00 bits per heavy atom. The van der Waals surface area contributed by atoms with Crippen molar-refractivity contribution in [3.63, 3.8) is 0 Å². The summed E-state index contributed by atoms with van der Waals surface area (Å²) in [4.78, 5) is 6.90. The van der Waals surface area contributed by atoms with E-state index >= 15 is 0 Å². The molecule has 1 aromatic rings. The van der Waals surface area contributed by atoms with E-state index in [1.54, 1.807) is 11.3 Å². The Morgan fingerprint density at radius 2 is 2.33 bits per heavy atom. The van der Waals surface area contributed by atoms with E-state index < -0.39 is 0 Å². The molecule has 1 atom stereocenters. The van der Waals surface area contributed by atoms with Crippen molar-refractivity contribution in [3.8, 4) is 0 Å². The van der Waals surface area contributed by atoms with Gasteiger partial charge in [-0.2, -0.15) is 0 Å². The van der Waals surface area contributed by atoms with Gasteiger partial charge in [-0.25, -0.2) is 4.98 Å². The van der Waals surface area contributed by atoms with E-state index in [9.17, 15) is 0 Å². The minimum atomic E-state index is 0.503. The first-order valence-electron chi connectivity index (χ1n) is 6.95. The van der Waals surface area contributed by atoms with Crippen LogP contribution in [0.25, 0.3) is 0 Å². The summed E-state index contributed by atoms with van der Waals surface area (Å²) >= 11 is 1.74. The van der Waals surface area contributed by atoms with E-state index in [2.05, 4.69) is 29.2 Å². The molecule has 0 saturated carbocycles. The maximum absolute atomic E-state index is 5.76. The zero-order valence-corrected chi connectivity index (χ0v) is 12.3. The van der Waals surface area contributed by atoms with Gasteiger partial charge in [-0.3, -0.25) is 0 Å². The number of ether oxygens (including phenoxy) is 1. The highest BCUT2D eigenvalue weighted by Gasteiger charge is 2.14. The predicted molar refractivity (Wildman–Crippen MR) is 76.3 cm³/mol. The number of nitrogens with zero attached hydrogens (tertiary/aromatic N) is 2. The number of hydrogen-bond donors (Lipinski definition) is 0. The lowest BCUT2D eigenvalue weighted by atomic mass is 10.1. The first-order valence-corrected chi connectivity index (χ1v) is 7.83. The summed E-state index contributed by atoms with van der Waals surface area (Å²) in [5.41, 5.74) is 1.23. The number of aromatic nitrogens is 1. The molecule has 1 fully saturated rings. The van der Waals surface area contributed by atoms with E-state index in [0.29, 0.717) is 6.10 Å². The van der Waals surface area contributed by atoms with E-state index in [0.717, 1.165) is 26.1 Å². The van der Waals surface area contributed by atoms with Crippen LogP contribution in [0.4, 0.5) is 0 Å². The van der Waals surface area contributed by atoms with Gasteiger partial charge in [0.2, 0.25) is 0 Å². The minimum absolute atomic E-state index is 0.503. The van der Waals surface area contributed by atoms with E-state index in [1.165, 1.54) is 36.4 Å². The molecule has 0 amide bonds. The Balaban J connectivity index is 1.61. The quantitative estimate of drug-likeness (QED) is 0.793. The van der Waals surface area contributed by atoms with Crippen LogP contribution >= 0.6 is 11.3 Å². The minimum Gasteiger partial charge on any atom is -0.378 e. The third kappa shape index (κ3) is 4.67. The Morgan fingerprint density at radius 1 is 1.44 bits per heavy atom. The molecule has 2 heterocycles. The molecule has 2 rings (SSSR count). The lowest BCUT2D eigenvalue weighted by Crippen LogP contribution is -2.28. The number of likely N-dealkylation sites (N-methyl/N-ethyl adjacent to an activating group) is 1. The normalized spacial score (nSPS) is 20.5. The summed E-state index contributed by atoms with van der Waals surface area (Å²) < 4.78 is 5.76. The zero-order chi connectivity index (χ0) is 12.8. The van der Waals surface area contributed by atoms with Crippen LogP contribution in [0.2, 0.25) is 0 Å². The third-order valence-corrected chi connectivity index (χ3v) is 4.35. The van der Waals surface area contributed by atoms with Crippen LogP contribution in [0.5, 0.6) is 0 Å². The molecule has 0 bridgehead atoms. The fourth-order valence-electron chi connectivity index (χ4n) is 2.34. The van der Waals surface area contributed by atoms with Crippen LogP contribution in [0.3, 0.4) is 0 Å². The molecule has 1 unspecified atom stereocenters. The van der Waals surface area contributed by atoms with Gasteiger partial charge in [-0.05, 0) is 39.7 Å². The van der Waals surface area contributed by atoms with Crippen LogP contribution in [0.15, 0.2) is 5.38 Å². The molecule has 0 radical (unpaired) electrons. The van der Waals surface area contributed by atoms with Crippen molar-refractivity contribution in [3.05, 3.63) is 16.1 Å². The fourth-order valence-corrected chi connectivity index (χ4v) is 2.99. The van der Waals surface area contributed by atoms with Crippen molar-refractivity contribution in [1.82, 2.24) is 9.88 Å². The molecule has 1 aromatic heterocycles. The number of aryl methyl sites for hydroxylation is 1. The third-order valence-electron chi connectivity index (χ3n) is 3.52. The monoisotopic (exact) mass is 268 g/mol. The molecule has 0 aliphatic carbocycles. The Hall–Kier alpha value is -0.450. The van der Waals surface area contributed by atoms with E-state index in [-0.39, 0.29) is 0 Å². The summed E-state index contributed by atoms with van der Waals surface area (Å²) in [6, 6.07) is 0. The second-order valence-electron chi connectivity index (χ2n) is 5.19. The summed E-state index contributed by atoms with van der Waals surface area (Å²) in [6.45, 7) is 5.26. The van der Waals surface area contributed by atoms with Crippen molar-refractivity contribution in [2.75, 3.05) is 26.7 Å². The molecule has 4 heteroatoms. The lowest BCUT2D eigenvalue weighted by Gasteiger charge is -2.25. The van der Waals surface area contributed by atoms with Crippen molar-refractivity contribution < 1.29 is 4.74 Å². The second kappa shape index (κ2) is 7.22. The van der Waals surface area contributed by atoms with Gasteiger partial charge >= 0.3 is 0 Å². The Labute approximate surface area is 114 Å². The lowest BCUT2D eigenvalue weighted by molar-refractivity contribution is 0.00680. The molecule has 0 spiro atoms. The highest BCUT2D eigenvalue weighted by Crippen LogP contribution is 2.16. The van der Waals surface area contributed by atoms with Crippen LogP contribution in [0, 0.1) is 6.92 Å². The standard InChI is InChI=1S/C14H24N2OS/c1-12-15-13(11-18-12)6-8-16(2)9-7-14-5-3-4-10-17-14/h11,14H,3-10H2,1-2H3. The predicted octanol–water partition coefficient (Wildman–Crippen LogP) is 2.89. The van der Waals surface area contributed by atoms with Crippen molar-refractivity contribution in [2.45, 2.75) is 45.1 Å². The zero-order valence-electron chi connectivity index (χ0n) is 11.5. The molecule has 1 aliphatic heterocycles. The largest absolute Gasteiger partial charge is 0.378 e. The Kier molecular flexibility index (Phi) is 5.60. The fraction of sp³-hybridized carbons (Fsp3) is 0.786. The number of thiazole rings is 1. The number of rotatable bonds is 6. The van der Waals surface area contributed by atoms with Crippen molar-refractivity contribution in [1.29, 1.82) is 0 Å². The molecule has 3 nitrogen and oxygen atoms in total. The topological polar surface area (TPSA) is 25.4 Å². The SMILES string of the molecule is Cc1nc(CCN(C)CCC2CCCCO2)cs1. The van der Waals surface area contributed by atoms with Gasteiger partial charge in [0.05, 0.1) is 16.8 Å². The van der Waals surface area contributed by atoms with E-state index in [1.807, 2.05) is 0 Å². The molecule has 102 valence electrons. The molecule has 18 heavy (non-hydrogen) atoms. The highest BCUT2D eigenvalue weighted by molar-refractivity contribution is 7.09. The highest BCUT2D eigenvalue weighted by atomic mass is 32.1. The van der Waals surface area contributed by atoms with Gasteiger partial charge in [-0.15, -0.1) is 11.3 Å². The first-order chi connectivity index (χ1) is 8.74. The molecule has 1 saturated heterocycles. The van der Waals surface area contributed by atoms with Gasteiger partial charge in [-0.1, -0.05) is 0 Å². The molecule has 0 aromatic carbocycles. The molecular formula is C14H24N2OS. The van der Waals surface area contributed by atoms with Crippen molar-refractivity contribution in [2.24, 2.45) is 0 Å². The summed E-state index contributed by atoms with van der Waals surface area (Å²) in [5, 5.41) is 3.34. The molecule has 1 aliphatic rings. The van der Waals surface area contributed by atoms with Crippen LogP contribution in [-0.4, -0.2) is 42.7 Å². The van der Waals surface area contributed by atoms with Crippen LogP contribution in [-0.2, 0) is 11.2 Å². The molecular weight excluding hydrogens is 244 g/mol. The summed E-state index contributed by atoms with van der Waals surface area (Å²) in [5.74, 6) is 0. The van der Waals surface area contributed by atoms with Gasteiger partial charge in [0.25, 0.3) is 0 Å². The maximum atomic E-state index is 5.76. The second-order valence-corrected chi connectivity index (χ2v) is 6.25. The van der Waals surface area contributed by atoms with Crippen LogP contribution < -0.4 is 0 Å². The Bertz CT molecular complexity index is 347. The number of hydrogen-bond acceptors (Lipinski definition) is 4. The van der Waals surface area contributed by atoms with Gasteiger partial charge in [0.1, 0.15) is 0 Å². The van der Waals surface area contributed by atoms with Gasteiger partial charge in [0, 0.05) is 31.5 Å².